The molecule has 0 aliphatic heterocycles. The molecule has 1 saturated carbocycles. The third-order valence-electron chi connectivity index (χ3n) is 10.9. The smallest absolute Gasteiger partial charge is 0.323 e. The van der Waals surface area contributed by atoms with Crippen LogP contribution < -0.4 is 9.80 Å². The third kappa shape index (κ3) is 11.0. The van der Waals surface area contributed by atoms with Gasteiger partial charge >= 0.3 is 11.9 Å². The van der Waals surface area contributed by atoms with Gasteiger partial charge in [0, 0.05) is 69.3 Å². The predicted octanol–water partition coefficient (Wildman–Crippen LogP) is 9.74. The van der Waals surface area contributed by atoms with Crippen molar-refractivity contribution < 1.29 is 38.2 Å². The molecule has 0 spiro atoms. The van der Waals surface area contributed by atoms with Crippen LogP contribution in [0.25, 0.3) is 34.0 Å². The maximum Gasteiger partial charge on any atom is 0.323 e. The van der Waals surface area contributed by atoms with Crippen molar-refractivity contribution in [1.82, 2.24) is 9.13 Å². The number of fused-ring (bicyclic) bond motifs is 2. The molecule has 2 heterocycles. The van der Waals surface area contributed by atoms with Gasteiger partial charge in [-0.15, -0.1) is 0 Å². The molecule has 6 aromatic rings. The van der Waals surface area contributed by atoms with E-state index in [1.165, 1.54) is 70.1 Å². The molecule has 326 valence electrons. The van der Waals surface area contributed by atoms with Gasteiger partial charge in [0.2, 0.25) is 0 Å². The molecule has 0 atom stereocenters. The minimum Gasteiger partial charge on any atom is -0.480 e. The van der Waals surface area contributed by atoms with Crippen LogP contribution in [0.1, 0.15) is 63.0 Å². The van der Waals surface area contributed by atoms with E-state index in [1.807, 2.05) is 67.6 Å². The second kappa shape index (κ2) is 21.3. The molecule has 0 bridgehead atoms. The molecular weight excluding hydrogens is 819 g/mol. The highest BCUT2D eigenvalue weighted by Gasteiger charge is 2.29. The number of nitrogens with zero attached hydrogens (tertiary/aromatic N) is 6. The third-order valence-corrected chi connectivity index (χ3v) is 10.9. The lowest BCUT2D eigenvalue weighted by Crippen LogP contribution is -2.42. The van der Waals surface area contributed by atoms with Crippen LogP contribution in [0, 0.1) is 34.3 Å². The Kier molecular flexibility index (Phi) is 15.2. The van der Waals surface area contributed by atoms with Crippen molar-refractivity contribution in [2.45, 2.75) is 71.0 Å². The number of amides is 2. The number of hydrogen-bond donors (Lipinski definition) is 2. The number of anilines is 2. The lowest BCUT2D eigenvalue weighted by Gasteiger charge is -2.34. The molecule has 14 heteroatoms. The highest BCUT2D eigenvalue weighted by atomic mass is 19.1. The van der Waals surface area contributed by atoms with Crippen molar-refractivity contribution in [2.24, 2.45) is 0 Å². The number of benzene rings is 4. The zero-order chi connectivity index (χ0) is 45.8. The first kappa shape index (κ1) is 45.7. The van der Waals surface area contributed by atoms with E-state index < -0.39 is 35.4 Å². The fraction of sp³-hybridized carbons (Fsp3) is 0.240. The normalized spacial score (nSPS) is 13.1. The molecule has 4 aromatic carbocycles. The average Bonchev–Trinajstić information content (AvgIpc) is 3.80. The van der Waals surface area contributed by atoms with Crippen LogP contribution in [0.5, 0.6) is 0 Å². The lowest BCUT2D eigenvalue weighted by molar-refractivity contribution is -0.138. The van der Waals surface area contributed by atoms with Gasteiger partial charge in [0.1, 0.15) is 48.0 Å². The Morgan fingerprint density at radius 1 is 0.688 bits per heavy atom. The number of aromatic nitrogens is 2. The Morgan fingerprint density at radius 2 is 1.16 bits per heavy atom. The molecule has 2 N–H and O–H groups in total. The molecule has 0 unspecified atom stereocenters. The van der Waals surface area contributed by atoms with Gasteiger partial charge < -0.3 is 29.1 Å². The highest BCUT2D eigenvalue weighted by molar-refractivity contribution is 6.13. The van der Waals surface area contributed by atoms with E-state index in [2.05, 4.69) is 0 Å². The van der Waals surface area contributed by atoms with Gasteiger partial charge in [0.05, 0.1) is 0 Å². The molecule has 1 fully saturated rings. The number of carbonyl (C=O) groups is 4. The van der Waals surface area contributed by atoms with Gasteiger partial charge in [-0.1, -0.05) is 69.0 Å². The summed E-state index contributed by atoms with van der Waals surface area (Å²) in [5, 5.41) is 38.9. The number of unbranched alkanes of at least 4 members (excludes halogenated alkanes) is 1. The first-order chi connectivity index (χ1) is 30.9. The first-order valence-corrected chi connectivity index (χ1v) is 20.9. The maximum atomic E-state index is 14.0. The minimum absolute atomic E-state index is 0.00352. The molecule has 12 nitrogen and oxygen atoms in total. The fourth-order valence-corrected chi connectivity index (χ4v) is 7.94. The van der Waals surface area contributed by atoms with Crippen LogP contribution in [-0.2, 0) is 32.3 Å². The molecule has 7 rings (SSSR count). The van der Waals surface area contributed by atoms with E-state index in [4.69, 9.17) is 5.11 Å². The van der Waals surface area contributed by atoms with Crippen molar-refractivity contribution in [1.29, 1.82) is 10.5 Å². The Morgan fingerprint density at radius 3 is 1.61 bits per heavy atom. The lowest BCUT2D eigenvalue weighted by atomic mass is 9.93. The largest absolute Gasteiger partial charge is 0.480 e. The average molecular weight is 865 g/mol. The number of nitriles is 2. The topological polar surface area (TPSA) is 173 Å². The highest BCUT2D eigenvalue weighted by Crippen LogP contribution is 2.31. The molecule has 64 heavy (non-hydrogen) atoms. The van der Waals surface area contributed by atoms with Gasteiger partial charge in [-0.25, -0.2) is 8.78 Å². The molecule has 2 aromatic heterocycles. The van der Waals surface area contributed by atoms with Crippen molar-refractivity contribution in [3.05, 3.63) is 143 Å². The Hall–Kier alpha value is -7.84. The van der Waals surface area contributed by atoms with Gasteiger partial charge in [-0.05, 0) is 92.1 Å². The Balaban J connectivity index is 0.000000213. The number of carboxylic acid groups (broad SMARTS) is 2. The summed E-state index contributed by atoms with van der Waals surface area (Å²) >= 11 is 0. The van der Waals surface area contributed by atoms with E-state index in [-0.39, 0.29) is 30.3 Å². The second-order valence-corrected chi connectivity index (χ2v) is 15.3. The van der Waals surface area contributed by atoms with Crippen molar-refractivity contribution >= 4 is 69.1 Å². The van der Waals surface area contributed by atoms with Gasteiger partial charge in [0.25, 0.3) is 11.8 Å². The molecule has 0 radical (unpaired) electrons. The molecule has 2 amide bonds. The monoisotopic (exact) mass is 864 g/mol. The molecular formula is C50H46F2N6O6. The number of para-hydroxylation sites is 2. The van der Waals surface area contributed by atoms with Crippen molar-refractivity contribution in [3.63, 3.8) is 0 Å². The molecule has 1 aliphatic carbocycles. The van der Waals surface area contributed by atoms with Gasteiger partial charge in [-0.2, -0.15) is 10.5 Å². The van der Waals surface area contributed by atoms with E-state index in [0.29, 0.717) is 45.2 Å². The summed E-state index contributed by atoms with van der Waals surface area (Å²) in [5.41, 5.74) is 3.07. The van der Waals surface area contributed by atoms with E-state index in [0.717, 1.165) is 50.6 Å². The summed E-state index contributed by atoms with van der Waals surface area (Å²) < 4.78 is 30.8. The molecule has 0 saturated heterocycles. The summed E-state index contributed by atoms with van der Waals surface area (Å²) in [7, 11) is 0. The van der Waals surface area contributed by atoms with E-state index in [1.54, 1.807) is 21.9 Å². The summed E-state index contributed by atoms with van der Waals surface area (Å²) in [6.07, 6.45) is 12.4. The molecule has 1 aliphatic rings. The van der Waals surface area contributed by atoms with Gasteiger partial charge in [0.15, 0.2) is 0 Å². The summed E-state index contributed by atoms with van der Waals surface area (Å²) in [6, 6.07) is 30.4. The van der Waals surface area contributed by atoms with Crippen molar-refractivity contribution in [3.8, 4) is 12.1 Å². The second-order valence-electron chi connectivity index (χ2n) is 15.3. The zero-order valence-corrected chi connectivity index (χ0v) is 35.2. The summed E-state index contributed by atoms with van der Waals surface area (Å²) in [6.45, 7) is 1.83. The number of hydrogen-bond acceptors (Lipinski definition) is 6. The van der Waals surface area contributed by atoms with E-state index >= 15 is 0 Å². The van der Waals surface area contributed by atoms with Crippen LogP contribution >= 0.6 is 0 Å². The SMILES string of the molecule is CCCCN(C(=O)/C(C#N)=C/c1cn(CC(=O)O)c2ccc(F)cc12)c1ccccc1.N#C/C(=C\c1cn(CC(=O)O)c2ccc(F)cc12)C(=O)N(c1ccccc1)C1CCCCC1. The van der Waals surface area contributed by atoms with Crippen molar-refractivity contribution in [2.75, 3.05) is 16.3 Å². The van der Waals surface area contributed by atoms with Crippen LogP contribution in [0.3, 0.4) is 0 Å². The Bertz CT molecular complexity index is 2810. The fourth-order valence-electron chi connectivity index (χ4n) is 7.94. The number of carbonyl (C=O) groups excluding carboxylic acids is 2. The minimum atomic E-state index is -1.05. The van der Waals surface area contributed by atoms with E-state index in [9.17, 15) is 43.6 Å². The first-order valence-electron chi connectivity index (χ1n) is 20.9. The number of carboxylic acids is 2. The maximum absolute atomic E-state index is 14.0. The predicted molar refractivity (Wildman–Crippen MR) is 241 cm³/mol. The van der Waals surface area contributed by atoms with Crippen LogP contribution in [-0.4, -0.2) is 55.7 Å². The van der Waals surface area contributed by atoms with Crippen LogP contribution in [0.15, 0.2) is 121 Å². The Labute approximate surface area is 368 Å². The van der Waals surface area contributed by atoms with Crippen LogP contribution in [0.2, 0.25) is 0 Å². The standard InChI is InChI=1S/C26H24FN3O3.C24H22FN3O3/c27-20-11-12-24-23(14-20)19(16-29(24)17-25(31)32)13-18(15-28)26(33)30(21-7-3-1-4-8-21)22-9-5-2-6-10-22;1-2-3-11-28(20-7-5-4-6-8-20)24(31)17(14-26)12-18-15-27(16-23(29)30)22-10-9-19(25)13-21(18)22/h1,3-4,7-8,11-14,16,22H,2,5-6,9-10,17H2,(H,31,32);4-10,12-13,15H,2-3,11,16H2,1H3,(H,29,30)/b18-13+;17-12+. The number of aliphatic carboxylic acids is 2. The van der Waals surface area contributed by atoms with Gasteiger partial charge in [-0.3, -0.25) is 19.2 Å². The number of halogens is 2. The zero-order valence-electron chi connectivity index (χ0n) is 35.2. The summed E-state index contributed by atoms with van der Waals surface area (Å²) in [5.74, 6) is -3.94. The summed E-state index contributed by atoms with van der Waals surface area (Å²) in [4.78, 5) is 52.6. The number of rotatable bonds is 14. The van der Waals surface area contributed by atoms with Crippen LogP contribution in [0.4, 0.5) is 20.2 Å². The quantitative estimate of drug-likeness (QED) is 0.0805.